The molecule has 0 fully saturated rings. The summed E-state index contributed by atoms with van der Waals surface area (Å²) in [5, 5.41) is 0.848. The zero-order valence-corrected chi connectivity index (χ0v) is 14.4. The van der Waals surface area contributed by atoms with Crippen molar-refractivity contribution < 1.29 is 9.53 Å². The van der Waals surface area contributed by atoms with Crippen LogP contribution in [0.4, 0.5) is 0 Å². The molecule has 25 heavy (non-hydrogen) atoms. The van der Waals surface area contributed by atoms with Crippen molar-refractivity contribution in [2.45, 2.75) is 6.92 Å². The van der Waals surface area contributed by atoms with E-state index in [0.29, 0.717) is 11.3 Å². The van der Waals surface area contributed by atoms with E-state index in [1.165, 1.54) is 0 Å². The van der Waals surface area contributed by atoms with Crippen LogP contribution in [0.15, 0.2) is 72.8 Å². The molecule has 0 radical (unpaired) electrons. The van der Waals surface area contributed by atoms with E-state index in [9.17, 15) is 4.79 Å². The number of aromatic nitrogens is 1. The lowest BCUT2D eigenvalue weighted by Gasteiger charge is -2.09. The largest absolute Gasteiger partial charge is 0.422 e. The quantitative estimate of drug-likeness (QED) is 0.364. The Bertz CT molecular complexity index is 1020. The molecule has 0 saturated carbocycles. The van der Waals surface area contributed by atoms with Crippen molar-refractivity contribution in [3.8, 4) is 16.3 Å². The number of hydrogen-bond acceptors (Lipinski definition) is 4. The lowest BCUT2D eigenvalue weighted by atomic mass is 10.1. The Labute approximate surface area is 149 Å². The number of benzene rings is 3. The van der Waals surface area contributed by atoms with Gasteiger partial charge in [-0.25, -0.2) is 9.78 Å². The van der Waals surface area contributed by atoms with Gasteiger partial charge in [0, 0.05) is 0 Å². The topological polar surface area (TPSA) is 39.2 Å². The molecule has 0 saturated heterocycles. The first-order chi connectivity index (χ1) is 12.2. The van der Waals surface area contributed by atoms with Gasteiger partial charge in [0.1, 0.15) is 10.8 Å². The Hall–Kier alpha value is -2.98. The second-order valence-electron chi connectivity index (χ2n) is 5.74. The lowest BCUT2D eigenvalue weighted by molar-refractivity contribution is 0.0735. The highest BCUT2D eigenvalue weighted by atomic mass is 32.1. The van der Waals surface area contributed by atoms with Crippen molar-refractivity contribution in [2.24, 2.45) is 0 Å². The van der Waals surface area contributed by atoms with Crippen molar-refractivity contribution in [3.63, 3.8) is 0 Å². The summed E-state index contributed by atoms with van der Waals surface area (Å²) in [4.78, 5) is 17.1. The van der Waals surface area contributed by atoms with Crippen LogP contribution in [0.1, 0.15) is 15.9 Å². The van der Waals surface area contributed by atoms with Crippen LogP contribution < -0.4 is 4.74 Å². The number of ether oxygens (including phenoxy) is 1. The van der Waals surface area contributed by atoms with E-state index in [-0.39, 0.29) is 5.97 Å². The summed E-state index contributed by atoms with van der Waals surface area (Å²) >= 11 is 1.59. The Kier molecular flexibility index (Phi) is 4.04. The van der Waals surface area contributed by atoms with Gasteiger partial charge in [0.2, 0.25) is 0 Å². The zero-order valence-electron chi connectivity index (χ0n) is 13.6. The van der Waals surface area contributed by atoms with Crippen LogP contribution in [0.2, 0.25) is 0 Å². The molecule has 0 unspecified atom stereocenters. The first kappa shape index (κ1) is 15.5. The maximum absolute atomic E-state index is 12.4. The number of aryl methyl sites for hydroxylation is 1. The average molecular weight is 345 g/mol. The number of carbonyl (C=O) groups is 1. The molecule has 4 rings (SSSR count). The van der Waals surface area contributed by atoms with E-state index in [0.717, 1.165) is 26.4 Å². The lowest BCUT2D eigenvalue weighted by Crippen LogP contribution is -2.09. The first-order valence-electron chi connectivity index (χ1n) is 7.94. The van der Waals surface area contributed by atoms with Gasteiger partial charge in [0.25, 0.3) is 0 Å². The molecule has 0 N–H and O–H groups in total. The minimum Gasteiger partial charge on any atom is -0.422 e. The highest BCUT2D eigenvalue weighted by Crippen LogP contribution is 2.36. The Balaban J connectivity index is 1.75. The van der Waals surface area contributed by atoms with Crippen molar-refractivity contribution in [1.29, 1.82) is 0 Å². The van der Waals surface area contributed by atoms with E-state index < -0.39 is 0 Å². The van der Waals surface area contributed by atoms with Crippen LogP contribution >= 0.6 is 11.3 Å². The molecule has 0 atom stereocenters. The second-order valence-corrected chi connectivity index (χ2v) is 6.77. The summed E-state index contributed by atoms with van der Waals surface area (Å²) < 4.78 is 6.78. The molecular formula is C21H15NO2S. The van der Waals surface area contributed by atoms with Gasteiger partial charge in [-0.15, -0.1) is 11.3 Å². The zero-order chi connectivity index (χ0) is 17.2. The van der Waals surface area contributed by atoms with Crippen molar-refractivity contribution in [3.05, 3.63) is 83.9 Å². The number of carbonyl (C=O) groups excluding carboxylic acids is 1. The molecular weight excluding hydrogens is 330 g/mol. The Morgan fingerprint density at radius 2 is 1.72 bits per heavy atom. The number of thiazole rings is 1. The number of esters is 1. The summed E-state index contributed by atoms with van der Waals surface area (Å²) in [7, 11) is 0. The normalized spacial score (nSPS) is 10.8. The molecule has 3 nitrogen and oxygen atoms in total. The van der Waals surface area contributed by atoms with Crippen molar-refractivity contribution in [2.75, 3.05) is 0 Å². The summed E-state index contributed by atoms with van der Waals surface area (Å²) in [5.74, 6) is 0.158. The van der Waals surface area contributed by atoms with E-state index in [4.69, 9.17) is 9.72 Å². The van der Waals surface area contributed by atoms with E-state index in [1.807, 2.05) is 67.6 Å². The minimum absolute atomic E-state index is 0.369. The fourth-order valence-corrected chi connectivity index (χ4v) is 3.61. The molecule has 0 aliphatic rings. The highest BCUT2D eigenvalue weighted by molar-refractivity contribution is 7.21. The maximum atomic E-state index is 12.4. The van der Waals surface area contributed by atoms with Crippen LogP contribution in [0.5, 0.6) is 5.75 Å². The summed E-state index contributed by atoms with van der Waals surface area (Å²) in [5.41, 5.74) is 3.40. The fraction of sp³-hybridized carbons (Fsp3) is 0.0476. The number of rotatable bonds is 3. The smallest absolute Gasteiger partial charge is 0.343 e. The van der Waals surface area contributed by atoms with Gasteiger partial charge in [-0.2, -0.15) is 0 Å². The molecule has 0 aliphatic carbocycles. The number of fused-ring (bicyclic) bond motifs is 1. The molecule has 1 aromatic heterocycles. The highest BCUT2D eigenvalue weighted by Gasteiger charge is 2.15. The van der Waals surface area contributed by atoms with Crippen molar-refractivity contribution in [1.82, 2.24) is 4.98 Å². The van der Waals surface area contributed by atoms with Gasteiger partial charge in [-0.05, 0) is 43.3 Å². The van der Waals surface area contributed by atoms with Crippen LogP contribution in [0, 0.1) is 6.92 Å². The van der Waals surface area contributed by atoms with Crippen LogP contribution in [-0.2, 0) is 0 Å². The van der Waals surface area contributed by atoms with E-state index in [1.54, 1.807) is 23.5 Å². The van der Waals surface area contributed by atoms with Crippen LogP contribution in [-0.4, -0.2) is 11.0 Å². The predicted molar refractivity (Wildman–Crippen MR) is 101 cm³/mol. The summed E-state index contributed by atoms with van der Waals surface area (Å²) in [6.07, 6.45) is 0. The summed E-state index contributed by atoms with van der Waals surface area (Å²) in [6, 6.07) is 22.8. The SMILES string of the molecule is Cc1ccc(OC(=O)c2ccccc2)c(-c2nc3ccccc3s2)c1. The van der Waals surface area contributed by atoms with Crippen molar-refractivity contribution >= 4 is 27.5 Å². The molecule has 4 heteroatoms. The van der Waals surface area contributed by atoms with Gasteiger partial charge in [-0.1, -0.05) is 42.0 Å². The first-order valence-corrected chi connectivity index (χ1v) is 8.76. The fourth-order valence-electron chi connectivity index (χ4n) is 2.62. The van der Waals surface area contributed by atoms with Gasteiger partial charge in [0.15, 0.2) is 0 Å². The van der Waals surface area contributed by atoms with Crippen LogP contribution in [0.3, 0.4) is 0 Å². The third-order valence-electron chi connectivity index (χ3n) is 3.87. The van der Waals surface area contributed by atoms with Gasteiger partial charge >= 0.3 is 5.97 Å². The molecule has 3 aromatic carbocycles. The Morgan fingerprint density at radius 1 is 0.960 bits per heavy atom. The predicted octanol–water partition coefficient (Wildman–Crippen LogP) is 5.49. The molecule has 1 heterocycles. The Morgan fingerprint density at radius 3 is 2.52 bits per heavy atom. The number of nitrogens with zero attached hydrogens (tertiary/aromatic N) is 1. The standard InChI is InChI=1S/C21H15NO2S/c1-14-11-12-18(24-21(23)15-7-3-2-4-8-15)16(13-14)20-22-17-9-5-6-10-19(17)25-20/h2-13H,1H3. The average Bonchev–Trinajstić information content (AvgIpc) is 3.08. The minimum atomic E-state index is -0.369. The van der Waals surface area contributed by atoms with Gasteiger partial charge in [-0.3, -0.25) is 0 Å². The van der Waals surface area contributed by atoms with Gasteiger partial charge in [0.05, 0.1) is 21.3 Å². The van der Waals surface area contributed by atoms with E-state index >= 15 is 0 Å². The number of hydrogen-bond donors (Lipinski definition) is 0. The maximum Gasteiger partial charge on any atom is 0.343 e. The summed E-state index contributed by atoms with van der Waals surface area (Å²) in [6.45, 7) is 2.01. The molecule has 4 aromatic rings. The molecule has 0 amide bonds. The third kappa shape index (κ3) is 3.16. The van der Waals surface area contributed by atoms with Gasteiger partial charge < -0.3 is 4.74 Å². The molecule has 0 spiro atoms. The second kappa shape index (κ2) is 6.49. The third-order valence-corrected chi connectivity index (χ3v) is 4.94. The molecule has 122 valence electrons. The molecule has 0 aliphatic heterocycles. The van der Waals surface area contributed by atoms with E-state index in [2.05, 4.69) is 0 Å². The monoisotopic (exact) mass is 345 g/mol. The number of para-hydroxylation sites is 1. The molecule has 0 bridgehead atoms. The van der Waals surface area contributed by atoms with Crippen LogP contribution in [0.25, 0.3) is 20.8 Å².